The summed E-state index contributed by atoms with van der Waals surface area (Å²) >= 11 is 0. The first kappa shape index (κ1) is 28.3. The second-order valence-electron chi connectivity index (χ2n) is 9.18. The topological polar surface area (TPSA) is 122 Å². The lowest BCUT2D eigenvalue weighted by Gasteiger charge is -2.39. The van der Waals surface area contributed by atoms with E-state index in [1.807, 2.05) is 60.7 Å². The number of benzene rings is 2. The van der Waals surface area contributed by atoms with Gasteiger partial charge in [-0.05, 0) is 36.8 Å². The molecule has 37 heavy (non-hydrogen) atoms. The van der Waals surface area contributed by atoms with Crippen molar-refractivity contribution in [3.8, 4) is 0 Å². The normalized spacial score (nSPS) is 16.7. The highest BCUT2D eigenvalue weighted by atomic mass is 32.2. The van der Waals surface area contributed by atoms with E-state index in [0.717, 1.165) is 23.8 Å². The Morgan fingerprint density at radius 3 is 2.14 bits per heavy atom. The Labute approximate surface area is 218 Å². The molecular formula is C27H35N3O6S. The van der Waals surface area contributed by atoms with Crippen molar-refractivity contribution in [1.82, 2.24) is 14.9 Å². The third-order valence-corrected chi connectivity index (χ3v) is 7.11. The fourth-order valence-electron chi connectivity index (χ4n) is 4.70. The Bertz CT molecular complexity index is 1120. The smallest absolute Gasteiger partial charge is 0.305 e. The number of nitrogens with one attached hydrogen (secondary N) is 2. The molecule has 9 nitrogen and oxygen atoms in total. The van der Waals surface area contributed by atoms with Gasteiger partial charge < -0.3 is 15.0 Å². The molecule has 10 heteroatoms. The molecule has 0 aliphatic carbocycles. The average molecular weight is 530 g/mol. The first-order valence-corrected chi connectivity index (χ1v) is 14.3. The molecule has 2 amide bonds. The first-order valence-electron chi connectivity index (χ1n) is 12.4. The second kappa shape index (κ2) is 13.3. The molecule has 2 atom stereocenters. The highest BCUT2D eigenvalue weighted by molar-refractivity contribution is 7.88. The van der Waals surface area contributed by atoms with Crippen molar-refractivity contribution >= 4 is 27.8 Å². The van der Waals surface area contributed by atoms with Crippen LogP contribution in [0.5, 0.6) is 0 Å². The maximum atomic E-state index is 14.1. The van der Waals surface area contributed by atoms with Crippen LogP contribution in [0.15, 0.2) is 60.7 Å². The lowest BCUT2D eigenvalue weighted by atomic mass is 9.84. The van der Waals surface area contributed by atoms with Crippen molar-refractivity contribution in [3.63, 3.8) is 0 Å². The van der Waals surface area contributed by atoms with Gasteiger partial charge in [-0.25, -0.2) is 13.1 Å². The number of likely N-dealkylation sites (tertiary alicyclic amines) is 1. The Balaban J connectivity index is 1.91. The molecule has 0 bridgehead atoms. The molecule has 1 aliphatic heterocycles. The molecule has 0 aromatic heterocycles. The van der Waals surface area contributed by atoms with Crippen LogP contribution in [-0.4, -0.2) is 69.6 Å². The SMILES string of the molecule is COC(=O)CCCNC(=O)[C@@H]1CCCCN1C(=O)[C@H](NS(C)(=O)=O)C(c1ccccc1)c1ccccc1. The molecule has 2 aromatic rings. The van der Waals surface area contributed by atoms with Crippen molar-refractivity contribution in [2.45, 2.75) is 50.1 Å². The molecule has 1 aliphatic rings. The summed E-state index contributed by atoms with van der Waals surface area (Å²) in [6.45, 7) is 0.617. The number of carbonyl (C=O) groups excluding carboxylic acids is 3. The summed E-state index contributed by atoms with van der Waals surface area (Å²) in [4.78, 5) is 40.0. The lowest BCUT2D eigenvalue weighted by Crippen LogP contribution is -2.58. The highest BCUT2D eigenvalue weighted by Gasteiger charge is 2.40. The van der Waals surface area contributed by atoms with Crippen LogP contribution in [0, 0.1) is 0 Å². The number of amides is 2. The summed E-state index contributed by atoms with van der Waals surface area (Å²) in [7, 11) is -2.46. The van der Waals surface area contributed by atoms with Gasteiger partial charge in [-0.3, -0.25) is 14.4 Å². The monoisotopic (exact) mass is 529 g/mol. The van der Waals surface area contributed by atoms with Gasteiger partial charge in [0.15, 0.2) is 0 Å². The predicted octanol–water partition coefficient (Wildman–Crippen LogP) is 2.19. The van der Waals surface area contributed by atoms with Gasteiger partial charge in [-0.2, -0.15) is 0 Å². The number of ether oxygens (including phenoxy) is 1. The largest absolute Gasteiger partial charge is 0.469 e. The molecule has 0 saturated carbocycles. The summed E-state index contributed by atoms with van der Waals surface area (Å²) in [5.74, 6) is -1.72. The molecule has 2 aromatic carbocycles. The zero-order chi connectivity index (χ0) is 26.8. The number of esters is 1. The number of piperidine rings is 1. The summed E-state index contributed by atoms with van der Waals surface area (Å²) in [5.41, 5.74) is 1.56. The van der Waals surface area contributed by atoms with Gasteiger partial charge >= 0.3 is 5.97 Å². The number of nitrogens with zero attached hydrogens (tertiary/aromatic N) is 1. The van der Waals surface area contributed by atoms with E-state index < -0.39 is 33.9 Å². The van der Waals surface area contributed by atoms with E-state index in [1.54, 1.807) is 0 Å². The van der Waals surface area contributed by atoms with Gasteiger partial charge in [0.1, 0.15) is 12.1 Å². The molecule has 0 unspecified atom stereocenters. The molecule has 2 N–H and O–H groups in total. The quantitative estimate of drug-likeness (QED) is 0.340. The summed E-state index contributed by atoms with van der Waals surface area (Å²) in [6.07, 6.45) is 3.59. The summed E-state index contributed by atoms with van der Waals surface area (Å²) < 4.78 is 32.1. The van der Waals surface area contributed by atoms with Gasteiger partial charge in [-0.15, -0.1) is 0 Å². The number of methoxy groups -OCH3 is 1. The summed E-state index contributed by atoms with van der Waals surface area (Å²) in [6, 6.07) is 16.7. The molecule has 1 saturated heterocycles. The van der Waals surface area contributed by atoms with Crippen LogP contribution in [0.1, 0.15) is 49.1 Å². The fourth-order valence-corrected chi connectivity index (χ4v) is 5.40. The van der Waals surface area contributed by atoms with Gasteiger partial charge in [0.2, 0.25) is 21.8 Å². The van der Waals surface area contributed by atoms with Crippen LogP contribution in [0.2, 0.25) is 0 Å². The van der Waals surface area contributed by atoms with Crippen molar-refractivity contribution in [2.75, 3.05) is 26.5 Å². The molecule has 1 heterocycles. The van der Waals surface area contributed by atoms with E-state index in [0.29, 0.717) is 25.8 Å². The second-order valence-corrected chi connectivity index (χ2v) is 11.0. The fraction of sp³-hybridized carbons (Fsp3) is 0.444. The lowest BCUT2D eigenvalue weighted by molar-refractivity contribution is -0.143. The third-order valence-electron chi connectivity index (χ3n) is 6.43. The zero-order valence-corrected chi connectivity index (χ0v) is 22.1. The molecule has 1 fully saturated rings. The Kier molecular flexibility index (Phi) is 10.2. The van der Waals surface area contributed by atoms with Crippen LogP contribution >= 0.6 is 0 Å². The maximum Gasteiger partial charge on any atom is 0.305 e. The van der Waals surface area contributed by atoms with E-state index in [9.17, 15) is 22.8 Å². The van der Waals surface area contributed by atoms with Crippen LogP contribution in [-0.2, 0) is 29.1 Å². The standard InChI is InChI=1S/C27H35N3O6S/c1-36-23(31)17-11-18-28-26(32)22-16-9-10-19-30(22)27(33)25(29-37(2,34)35)24(20-12-5-3-6-13-20)21-14-7-4-8-15-21/h3-8,12-15,22,24-25,29H,9-11,16-19H2,1-2H3,(H,28,32)/t22-,25+/m0/s1. The number of sulfonamides is 1. The average Bonchev–Trinajstić information content (AvgIpc) is 2.90. The van der Waals surface area contributed by atoms with E-state index >= 15 is 0 Å². The van der Waals surface area contributed by atoms with Crippen molar-refractivity contribution in [3.05, 3.63) is 71.8 Å². The van der Waals surface area contributed by atoms with E-state index in [4.69, 9.17) is 0 Å². The molecular weight excluding hydrogens is 494 g/mol. The minimum absolute atomic E-state index is 0.181. The van der Waals surface area contributed by atoms with Gasteiger partial charge in [0, 0.05) is 25.4 Å². The Hall–Kier alpha value is -3.24. The van der Waals surface area contributed by atoms with Gasteiger partial charge in [0.25, 0.3) is 0 Å². The van der Waals surface area contributed by atoms with Crippen LogP contribution in [0.3, 0.4) is 0 Å². The molecule has 0 spiro atoms. The minimum Gasteiger partial charge on any atom is -0.469 e. The van der Waals surface area contributed by atoms with E-state index in [1.165, 1.54) is 12.0 Å². The van der Waals surface area contributed by atoms with Crippen molar-refractivity contribution in [1.29, 1.82) is 0 Å². The zero-order valence-electron chi connectivity index (χ0n) is 21.3. The number of rotatable bonds is 11. The Morgan fingerprint density at radius 1 is 1.00 bits per heavy atom. The Morgan fingerprint density at radius 2 is 1.59 bits per heavy atom. The third kappa shape index (κ3) is 8.13. The highest BCUT2D eigenvalue weighted by Crippen LogP contribution is 2.31. The van der Waals surface area contributed by atoms with E-state index in [-0.39, 0.29) is 24.8 Å². The van der Waals surface area contributed by atoms with Crippen LogP contribution in [0.4, 0.5) is 0 Å². The van der Waals surface area contributed by atoms with Crippen molar-refractivity contribution in [2.24, 2.45) is 0 Å². The maximum absolute atomic E-state index is 14.1. The summed E-state index contributed by atoms with van der Waals surface area (Å²) in [5, 5.41) is 2.82. The predicted molar refractivity (Wildman–Crippen MR) is 140 cm³/mol. The number of hydrogen-bond donors (Lipinski definition) is 2. The number of hydrogen-bond acceptors (Lipinski definition) is 6. The number of carbonyl (C=O) groups is 3. The van der Waals surface area contributed by atoms with Crippen LogP contribution in [0.25, 0.3) is 0 Å². The van der Waals surface area contributed by atoms with Gasteiger partial charge in [0.05, 0.1) is 13.4 Å². The van der Waals surface area contributed by atoms with E-state index in [2.05, 4.69) is 14.8 Å². The first-order chi connectivity index (χ1) is 17.7. The van der Waals surface area contributed by atoms with Crippen molar-refractivity contribution < 1.29 is 27.5 Å². The minimum atomic E-state index is -3.78. The molecule has 0 radical (unpaired) electrons. The molecule has 200 valence electrons. The van der Waals surface area contributed by atoms with Gasteiger partial charge in [-0.1, -0.05) is 60.7 Å². The molecule has 3 rings (SSSR count). The van der Waals surface area contributed by atoms with Crippen LogP contribution < -0.4 is 10.0 Å².